The summed E-state index contributed by atoms with van der Waals surface area (Å²) in [5.74, 6) is 0. The summed E-state index contributed by atoms with van der Waals surface area (Å²) in [5.41, 5.74) is 5.76. The molecule has 0 heterocycles. The predicted molar refractivity (Wildman–Crippen MR) is 80.1 cm³/mol. The first kappa shape index (κ1) is 16.6. The molecule has 1 aromatic rings. The van der Waals surface area contributed by atoms with Gasteiger partial charge in [-0.05, 0) is 24.0 Å². The predicted octanol–water partition coefficient (Wildman–Crippen LogP) is 3.29. The van der Waals surface area contributed by atoms with Gasteiger partial charge in [-0.3, -0.25) is 0 Å². The van der Waals surface area contributed by atoms with Crippen molar-refractivity contribution >= 4 is 38.9 Å². The maximum atomic E-state index is 12.2. The van der Waals surface area contributed by atoms with Crippen molar-refractivity contribution in [2.24, 2.45) is 5.41 Å². The fraction of sp³-hybridized carbons (Fsp3) is 0.500. The first-order valence-corrected chi connectivity index (χ1v) is 8.01. The molecule has 0 unspecified atom stereocenters. The molecule has 0 aliphatic heterocycles. The van der Waals surface area contributed by atoms with Crippen molar-refractivity contribution in [3.05, 3.63) is 22.2 Å². The zero-order chi connectivity index (χ0) is 14.8. The highest BCUT2D eigenvalue weighted by Crippen LogP contribution is 2.31. The van der Waals surface area contributed by atoms with E-state index in [4.69, 9.17) is 28.9 Å². The van der Waals surface area contributed by atoms with Gasteiger partial charge >= 0.3 is 0 Å². The van der Waals surface area contributed by atoms with Gasteiger partial charge in [0.1, 0.15) is 4.90 Å². The summed E-state index contributed by atoms with van der Waals surface area (Å²) >= 11 is 11.7. The second-order valence-electron chi connectivity index (χ2n) is 5.51. The highest BCUT2D eigenvalue weighted by molar-refractivity contribution is 7.89. The van der Waals surface area contributed by atoms with Crippen molar-refractivity contribution in [3.8, 4) is 0 Å². The number of nitrogens with one attached hydrogen (secondary N) is 1. The van der Waals surface area contributed by atoms with Crippen LogP contribution in [-0.4, -0.2) is 15.0 Å². The molecule has 0 aromatic heterocycles. The molecule has 4 nitrogen and oxygen atoms in total. The van der Waals surface area contributed by atoms with Crippen LogP contribution in [0.2, 0.25) is 10.0 Å². The Morgan fingerprint density at radius 2 is 1.84 bits per heavy atom. The molecule has 1 rings (SSSR count). The van der Waals surface area contributed by atoms with Gasteiger partial charge in [-0.25, -0.2) is 13.1 Å². The lowest BCUT2D eigenvalue weighted by molar-refractivity contribution is 0.378. The molecule has 3 N–H and O–H groups in total. The highest BCUT2D eigenvalue weighted by atomic mass is 35.5. The number of nitrogens with two attached hydrogens (primary N) is 1. The van der Waals surface area contributed by atoms with E-state index in [2.05, 4.69) is 4.72 Å². The molecular weight excluding hydrogens is 307 g/mol. The number of hydrogen-bond donors (Lipinski definition) is 2. The zero-order valence-corrected chi connectivity index (χ0v) is 13.5. The minimum Gasteiger partial charge on any atom is -0.398 e. The van der Waals surface area contributed by atoms with Crippen LogP contribution in [0.1, 0.15) is 27.2 Å². The van der Waals surface area contributed by atoms with Crippen LogP contribution in [0.15, 0.2) is 17.0 Å². The zero-order valence-electron chi connectivity index (χ0n) is 11.1. The third kappa shape index (κ3) is 4.84. The number of sulfonamides is 1. The molecule has 0 spiro atoms. The minimum absolute atomic E-state index is 0.0215. The first-order valence-electron chi connectivity index (χ1n) is 5.77. The van der Waals surface area contributed by atoms with Crippen LogP contribution in [0.4, 0.5) is 5.69 Å². The van der Waals surface area contributed by atoms with Crippen molar-refractivity contribution in [1.29, 1.82) is 0 Å². The Morgan fingerprint density at radius 3 is 2.32 bits per heavy atom. The van der Waals surface area contributed by atoms with Crippen molar-refractivity contribution in [1.82, 2.24) is 4.72 Å². The molecule has 7 heteroatoms. The van der Waals surface area contributed by atoms with Gasteiger partial charge in [0.25, 0.3) is 0 Å². The van der Waals surface area contributed by atoms with E-state index in [1.807, 2.05) is 20.8 Å². The molecule has 0 bridgehead atoms. The number of halogens is 2. The largest absolute Gasteiger partial charge is 0.398 e. The molecule has 0 atom stereocenters. The highest BCUT2D eigenvalue weighted by Gasteiger charge is 2.22. The Balaban J connectivity index is 2.96. The molecule has 0 aliphatic carbocycles. The first-order chi connectivity index (χ1) is 8.53. The van der Waals surface area contributed by atoms with Gasteiger partial charge in [0, 0.05) is 11.6 Å². The monoisotopic (exact) mass is 324 g/mol. The molecule has 0 saturated carbocycles. The molecule has 0 aliphatic rings. The lowest BCUT2D eigenvalue weighted by Crippen LogP contribution is -2.28. The van der Waals surface area contributed by atoms with Crippen molar-refractivity contribution < 1.29 is 8.42 Å². The van der Waals surface area contributed by atoms with E-state index in [-0.39, 0.29) is 21.0 Å². The van der Waals surface area contributed by atoms with E-state index in [0.717, 1.165) is 0 Å². The maximum absolute atomic E-state index is 12.2. The summed E-state index contributed by atoms with van der Waals surface area (Å²) in [6.07, 6.45) is 0.706. The third-order valence-electron chi connectivity index (χ3n) is 2.47. The summed E-state index contributed by atoms with van der Waals surface area (Å²) in [4.78, 5) is -0.118. The number of nitrogen functional groups attached to an aromatic ring is 1. The molecule has 1 aromatic carbocycles. The van der Waals surface area contributed by atoms with Crippen LogP contribution in [0, 0.1) is 5.41 Å². The normalized spacial score (nSPS) is 12.7. The number of benzene rings is 1. The maximum Gasteiger partial charge on any atom is 0.244 e. The molecule has 0 amide bonds. The van der Waals surface area contributed by atoms with Crippen LogP contribution >= 0.6 is 23.2 Å². The number of hydrogen-bond acceptors (Lipinski definition) is 3. The second kappa shape index (κ2) is 5.87. The molecule has 19 heavy (non-hydrogen) atoms. The second-order valence-corrected chi connectivity index (χ2v) is 8.06. The van der Waals surface area contributed by atoms with Gasteiger partial charge in [-0.15, -0.1) is 0 Å². The van der Waals surface area contributed by atoms with E-state index in [1.165, 1.54) is 12.1 Å². The van der Waals surface area contributed by atoms with Crippen LogP contribution in [0.25, 0.3) is 0 Å². The summed E-state index contributed by atoms with van der Waals surface area (Å²) in [6.45, 7) is 6.42. The standard InChI is InChI=1S/C12H18Cl2N2O2S/c1-12(2,3)4-5-16-19(17,18)11-9(14)6-8(13)7-10(11)15/h6-7,16H,4-5,15H2,1-3H3. The lowest BCUT2D eigenvalue weighted by atomic mass is 9.93. The van der Waals surface area contributed by atoms with Gasteiger partial charge in [0.2, 0.25) is 10.0 Å². The Labute approximate surface area is 124 Å². The van der Waals surface area contributed by atoms with Gasteiger partial charge in [-0.1, -0.05) is 44.0 Å². The van der Waals surface area contributed by atoms with E-state index in [0.29, 0.717) is 18.0 Å². The van der Waals surface area contributed by atoms with E-state index in [9.17, 15) is 8.42 Å². The van der Waals surface area contributed by atoms with Gasteiger partial charge in [0.05, 0.1) is 10.7 Å². The Kier molecular flexibility index (Phi) is 5.12. The van der Waals surface area contributed by atoms with E-state index >= 15 is 0 Å². The Morgan fingerprint density at radius 1 is 1.26 bits per heavy atom. The quantitative estimate of drug-likeness (QED) is 0.835. The summed E-state index contributed by atoms with van der Waals surface area (Å²) in [7, 11) is -3.73. The van der Waals surface area contributed by atoms with Crippen LogP contribution in [0.5, 0.6) is 0 Å². The molecule has 0 radical (unpaired) electrons. The number of anilines is 1. The fourth-order valence-corrected chi connectivity index (χ4v) is 3.51. The SMILES string of the molecule is CC(C)(C)CCNS(=O)(=O)c1c(N)cc(Cl)cc1Cl. The van der Waals surface area contributed by atoms with Crippen LogP contribution < -0.4 is 10.5 Å². The Bertz CT molecular complexity index is 543. The topological polar surface area (TPSA) is 72.2 Å². The van der Waals surface area contributed by atoms with Crippen molar-refractivity contribution in [3.63, 3.8) is 0 Å². The minimum atomic E-state index is -3.73. The molecular formula is C12H18Cl2N2O2S. The smallest absolute Gasteiger partial charge is 0.244 e. The summed E-state index contributed by atoms with van der Waals surface area (Å²) in [6, 6.07) is 2.73. The van der Waals surface area contributed by atoms with Crippen LogP contribution in [0.3, 0.4) is 0 Å². The van der Waals surface area contributed by atoms with E-state index in [1.54, 1.807) is 0 Å². The number of rotatable bonds is 4. The molecule has 108 valence electrons. The third-order valence-corrected chi connectivity index (χ3v) is 4.68. The average Bonchev–Trinajstić information content (AvgIpc) is 2.11. The Hall–Kier alpha value is -0.490. The van der Waals surface area contributed by atoms with E-state index < -0.39 is 10.0 Å². The van der Waals surface area contributed by atoms with Gasteiger partial charge in [0.15, 0.2) is 0 Å². The lowest BCUT2D eigenvalue weighted by Gasteiger charge is -2.18. The average molecular weight is 325 g/mol. The fourth-order valence-electron chi connectivity index (χ4n) is 1.50. The molecule has 0 saturated heterocycles. The van der Waals surface area contributed by atoms with Crippen molar-refractivity contribution in [2.75, 3.05) is 12.3 Å². The summed E-state index contributed by atoms with van der Waals surface area (Å²) < 4.78 is 26.8. The van der Waals surface area contributed by atoms with Gasteiger partial charge in [-0.2, -0.15) is 0 Å². The van der Waals surface area contributed by atoms with Crippen molar-refractivity contribution in [2.45, 2.75) is 32.1 Å². The summed E-state index contributed by atoms with van der Waals surface area (Å²) in [5, 5.41) is 0.324. The van der Waals surface area contributed by atoms with Crippen LogP contribution in [-0.2, 0) is 10.0 Å². The molecule has 0 fully saturated rings. The van der Waals surface area contributed by atoms with Gasteiger partial charge < -0.3 is 5.73 Å².